The zero-order valence-corrected chi connectivity index (χ0v) is 17.1. The van der Waals surface area contributed by atoms with Gasteiger partial charge in [-0.3, -0.25) is 9.69 Å². The second-order valence-electron chi connectivity index (χ2n) is 7.31. The number of para-hydroxylation sites is 1. The normalized spacial score (nSPS) is 17.7. The van der Waals surface area contributed by atoms with Crippen molar-refractivity contribution in [3.05, 3.63) is 64.2 Å². The first-order chi connectivity index (χ1) is 13.1. The SMILES string of the molecule is CCc1cccc(CC)c1NC(=O)[C@H]1CCCN(Cc2ccccc2Cl)C1. The Morgan fingerprint density at radius 1 is 1.07 bits per heavy atom. The minimum atomic E-state index is 0.0239. The Bertz CT molecular complexity index is 767. The van der Waals surface area contributed by atoms with Gasteiger partial charge in [-0.25, -0.2) is 0 Å². The number of amides is 1. The van der Waals surface area contributed by atoms with Crippen LogP contribution < -0.4 is 5.32 Å². The molecule has 2 aromatic rings. The van der Waals surface area contributed by atoms with Gasteiger partial charge in [0.2, 0.25) is 5.91 Å². The summed E-state index contributed by atoms with van der Waals surface area (Å²) in [5.41, 5.74) is 4.58. The summed E-state index contributed by atoms with van der Waals surface area (Å²) in [6, 6.07) is 14.3. The molecule has 0 aromatic heterocycles. The van der Waals surface area contributed by atoms with E-state index in [1.807, 2.05) is 18.2 Å². The molecular formula is C23H29ClN2O. The standard InChI is InChI=1S/C23H29ClN2O/c1-3-17-10-7-11-18(4-2)22(17)25-23(27)20-12-8-14-26(16-20)15-19-9-5-6-13-21(19)24/h5-7,9-11,13,20H,3-4,8,12,14-16H2,1-2H3,(H,25,27)/t20-/m0/s1. The van der Waals surface area contributed by atoms with E-state index in [-0.39, 0.29) is 11.8 Å². The summed E-state index contributed by atoms with van der Waals surface area (Å²) < 4.78 is 0. The van der Waals surface area contributed by atoms with Gasteiger partial charge in [0.15, 0.2) is 0 Å². The molecule has 2 aromatic carbocycles. The summed E-state index contributed by atoms with van der Waals surface area (Å²) in [7, 11) is 0. The third-order valence-corrected chi connectivity index (χ3v) is 5.84. The van der Waals surface area contributed by atoms with E-state index in [2.05, 4.69) is 48.3 Å². The van der Waals surface area contributed by atoms with E-state index in [0.29, 0.717) is 0 Å². The molecule has 0 bridgehead atoms. The molecule has 1 fully saturated rings. The van der Waals surface area contributed by atoms with Crippen LogP contribution in [0, 0.1) is 5.92 Å². The quantitative estimate of drug-likeness (QED) is 0.731. The van der Waals surface area contributed by atoms with Crippen LogP contribution in [0.3, 0.4) is 0 Å². The molecule has 1 saturated heterocycles. The third kappa shape index (κ3) is 4.91. The average Bonchev–Trinajstić information content (AvgIpc) is 2.70. The highest BCUT2D eigenvalue weighted by molar-refractivity contribution is 6.31. The molecule has 0 aliphatic carbocycles. The third-order valence-electron chi connectivity index (χ3n) is 5.48. The van der Waals surface area contributed by atoms with Crippen LogP contribution >= 0.6 is 11.6 Å². The van der Waals surface area contributed by atoms with Gasteiger partial charge >= 0.3 is 0 Å². The van der Waals surface area contributed by atoms with Gasteiger partial charge in [0.05, 0.1) is 5.92 Å². The van der Waals surface area contributed by atoms with Gasteiger partial charge < -0.3 is 5.32 Å². The van der Waals surface area contributed by atoms with E-state index < -0.39 is 0 Å². The first-order valence-electron chi connectivity index (χ1n) is 9.99. The van der Waals surface area contributed by atoms with Crippen LogP contribution in [0.25, 0.3) is 0 Å². The fourth-order valence-electron chi connectivity index (χ4n) is 3.91. The largest absolute Gasteiger partial charge is 0.325 e. The number of carbonyl (C=O) groups is 1. The number of benzene rings is 2. The van der Waals surface area contributed by atoms with E-state index in [1.54, 1.807) is 0 Å². The Labute approximate surface area is 167 Å². The highest BCUT2D eigenvalue weighted by Crippen LogP contribution is 2.26. The average molecular weight is 385 g/mol. The van der Waals surface area contributed by atoms with E-state index in [4.69, 9.17) is 11.6 Å². The molecule has 0 radical (unpaired) electrons. The van der Waals surface area contributed by atoms with Gasteiger partial charge in [-0.05, 0) is 55.0 Å². The van der Waals surface area contributed by atoms with E-state index >= 15 is 0 Å². The number of carbonyl (C=O) groups excluding carboxylic acids is 1. The summed E-state index contributed by atoms with van der Waals surface area (Å²) >= 11 is 6.31. The maximum absolute atomic E-state index is 13.0. The number of hydrogen-bond acceptors (Lipinski definition) is 2. The van der Waals surface area contributed by atoms with Gasteiger partial charge in [0, 0.05) is 23.8 Å². The molecule has 144 valence electrons. The van der Waals surface area contributed by atoms with Crippen molar-refractivity contribution in [2.75, 3.05) is 18.4 Å². The van der Waals surface area contributed by atoms with Crippen molar-refractivity contribution in [3.63, 3.8) is 0 Å². The smallest absolute Gasteiger partial charge is 0.228 e. The lowest BCUT2D eigenvalue weighted by Crippen LogP contribution is -2.40. The van der Waals surface area contributed by atoms with Crippen LogP contribution in [0.5, 0.6) is 0 Å². The van der Waals surface area contributed by atoms with Crippen molar-refractivity contribution in [2.45, 2.75) is 46.1 Å². The number of piperidine rings is 1. The summed E-state index contributed by atoms with van der Waals surface area (Å²) in [6.45, 7) is 6.87. The lowest BCUT2D eigenvalue weighted by Gasteiger charge is -2.32. The topological polar surface area (TPSA) is 32.3 Å². The van der Waals surface area contributed by atoms with Gasteiger partial charge in [-0.2, -0.15) is 0 Å². The van der Waals surface area contributed by atoms with Crippen LogP contribution in [0.15, 0.2) is 42.5 Å². The van der Waals surface area contributed by atoms with Crippen LogP contribution in [-0.4, -0.2) is 23.9 Å². The first kappa shape index (κ1) is 19.9. The van der Waals surface area contributed by atoms with E-state index in [9.17, 15) is 4.79 Å². The van der Waals surface area contributed by atoms with Crippen molar-refractivity contribution in [3.8, 4) is 0 Å². The zero-order chi connectivity index (χ0) is 19.2. The highest BCUT2D eigenvalue weighted by atomic mass is 35.5. The number of hydrogen-bond donors (Lipinski definition) is 1. The van der Waals surface area contributed by atoms with Crippen molar-refractivity contribution in [1.82, 2.24) is 4.90 Å². The minimum Gasteiger partial charge on any atom is -0.325 e. The van der Waals surface area contributed by atoms with Crippen molar-refractivity contribution in [1.29, 1.82) is 0 Å². The molecule has 0 saturated carbocycles. The van der Waals surface area contributed by atoms with Gasteiger partial charge in [0.1, 0.15) is 0 Å². The van der Waals surface area contributed by atoms with Gasteiger partial charge in [-0.15, -0.1) is 0 Å². The van der Waals surface area contributed by atoms with Crippen LogP contribution in [0.2, 0.25) is 5.02 Å². The van der Waals surface area contributed by atoms with Crippen molar-refractivity contribution in [2.24, 2.45) is 5.92 Å². The minimum absolute atomic E-state index is 0.0239. The number of halogens is 1. The molecule has 3 nitrogen and oxygen atoms in total. The maximum atomic E-state index is 13.0. The van der Waals surface area contributed by atoms with Crippen LogP contribution in [0.1, 0.15) is 43.4 Å². The number of aryl methyl sites for hydroxylation is 2. The molecular weight excluding hydrogens is 356 g/mol. The molecule has 0 spiro atoms. The van der Waals surface area contributed by atoms with Gasteiger partial charge in [0.25, 0.3) is 0 Å². The second-order valence-corrected chi connectivity index (χ2v) is 7.72. The Morgan fingerprint density at radius 2 is 1.74 bits per heavy atom. The second kappa shape index (κ2) is 9.38. The first-order valence-corrected chi connectivity index (χ1v) is 10.4. The number of likely N-dealkylation sites (tertiary alicyclic amines) is 1. The summed E-state index contributed by atoms with van der Waals surface area (Å²) in [5.74, 6) is 0.172. The summed E-state index contributed by atoms with van der Waals surface area (Å²) in [5, 5.41) is 4.05. The number of nitrogens with one attached hydrogen (secondary N) is 1. The van der Waals surface area contributed by atoms with E-state index in [0.717, 1.165) is 61.6 Å². The Balaban J connectivity index is 1.68. The molecule has 0 unspecified atom stereocenters. The number of rotatable bonds is 6. The molecule has 1 aliphatic rings. The highest BCUT2D eigenvalue weighted by Gasteiger charge is 2.27. The molecule has 4 heteroatoms. The zero-order valence-electron chi connectivity index (χ0n) is 16.3. The monoisotopic (exact) mass is 384 g/mol. The summed E-state index contributed by atoms with van der Waals surface area (Å²) in [4.78, 5) is 15.4. The molecule has 27 heavy (non-hydrogen) atoms. The molecule has 1 amide bonds. The predicted molar refractivity (Wildman–Crippen MR) is 113 cm³/mol. The Morgan fingerprint density at radius 3 is 2.41 bits per heavy atom. The lowest BCUT2D eigenvalue weighted by molar-refractivity contribution is -0.121. The fourth-order valence-corrected chi connectivity index (χ4v) is 4.10. The lowest BCUT2D eigenvalue weighted by atomic mass is 9.95. The predicted octanol–water partition coefficient (Wildman–Crippen LogP) is 5.32. The summed E-state index contributed by atoms with van der Waals surface area (Å²) in [6.07, 6.45) is 3.83. The molecule has 1 aliphatic heterocycles. The molecule has 1 N–H and O–H groups in total. The van der Waals surface area contributed by atoms with Crippen molar-refractivity contribution < 1.29 is 4.79 Å². The molecule has 1 heterocycles. The Hall–Kier alpha value is -1.84. The fraction of sp³-hybridized carbons (Fsp3) is 0.435. The number of nitrogens with zero attached hydrogens (tertiary/aromatic N) is 1. The van der Waals surface area contributed by atoms with E-state index in [1.165, 1.54) is 11.1 Å². The maximum Gasteiger partial charge on any atom is 0.228 e. The Kier molecular flexibility index (Phi) is 6.92. The molecule has 3 rings (SSSR count). The van der Waals surface area contributed by atoms with Crippen LogP contribution in [0.4, 0.5) is 5.69 Å². The number of anilines is 1. The molecule has 1 atom stereocenters. The van der Waals surface area contributed by atoms with Crippen LogP contribution in [-0.2, 0) is 24.2 Å². The van der Waals surface area contributed by atoms with Crippen molar-refractivity contribution >= 4 is 23.2 Å². The van der Waals surface area contributed by atoms with Gasteiger partial charge in [-0.1, -0.05) is 61.8 Å².